The van der Waals surface area contributed by atoms with Crippen molar-refractivity contribution in [2.24, 2.45) is 0 Å². The highest BCUT2D eigenvalue weighted by Crippen LogP contribution is 2.30. The van der Waals surface area contributed by atoms with Gasteiger partial charge in [0, 0.05) is 10.9 Å². The van der Waals surface area contributed by atoms with E-state index in [9.17, 15) is 9.18 Å². The summed E-state index contributed by atoms with van der Waals surface area (Å²) < 4.78 is 15.1. The molecule has 0 amide bonds. The number of fused-ring (bicyclic) bond motifs is 1. The second-order valence-electron chi connectivity index (χ2n) is 8.86. The summed E-state index contributed by atoms with van der Waals surface area (Å²) in [6.07, 6.45) is 3.31. The summed E-state index contributed by atoms with van der Waals surface area (Å²) in [6, 6.07) is 12.1. The lowest BCUT2D eigenvalue weighted by Crippen LogP contribution is -2.38. The molecular weight excluding hydrogens is 419 g/mol. The van der Waals surface area contributed by atoms with Crippen LogP contribution in [-0.4, -0.2) is 43.2 Å². The van der Waals surface area contributed by atoms with Gasteiger partial charge in [-0.2, -0.15) is 0 Å². The molecule has 0 bridgehead atoms. The van der Waals surface area contributed by atoms with Crippen LogP contribution in [0.4, 0.5) is 4.39 Å². The molecule has 0 aliphatic carbocycles. The minimum absolute atomic E-state index is 0.122. The molecule has 1 N–H and O–H groups in total. The quantitative estimate of drug-likeness (QED) is 0.503. The SMILES string of the molecule is Cc1ccc(C)c2[nH]c(=O)c([C@@H](c3nnnn3Cc3ccc(F)cc3)N3CCCCC3)cc12. The molecule has 0 unspecified atom stereocenters. The number of hydrogen-bond acceptors (Lipinski definition) is 5. The van der Waals surface area contributed by atoms with Crippen molar-refractivity contribution in [3.05, 3.63) is 86.7 Å². The number of tetrazole rings is 1. The molecule has 170 valence electrons. The minimum Gasteiger partial charge on any atom is -0.321 e. The van der Waals surface area contributed by atoms with Crippen LogP contribution in [0.3, 0.4) is 0 Å². The predicted molar refractivity (Wildman–Crippen MR) is 125 cm³/mol. The monoisotopic (exact) mass is 446 g/mol. The number of aryl methyl sites for hydroxylation is 2. The molecule has 0 radical (unpaired) electrons. The van der Waals surface area contributed by atoms with Gasteiger partial charge in [0.15, 0.2) is 5.82 Å². The van der Waals surface area contributed by atoms with Crippen molar-refractivity contribution in [2.75, 3.05) is 13.1 Å². The molecule has 0 spiro atoms. The van der Waals surface area contributed by atoms with E-state index in [0.29, 0.717) is 17.9 Å². The smallest absolute Gasteiger partial charge is 0.253 e. The molecule has 1 aliphatic heterocycles. The maximum Gasteiger partial charge on any atom is 0.253 e. The summed E-state index contributed by atoms with van der Waals surface area (Å²) in [4.78, 5) is 18.8. The molecule has 33 heavy (non-hydrogen) atoms. The van der Waals surface area contributed by atoms with E-state index >= 15 is 0 Å². The van der Waals surface area contributed by atoms with Gasteiger partial charge in [0.25, 0.3) is 5.56 Å². The number of hydrogen-bond donors (Lipinski definition) is 1. The lowest BCUT2D eigenvalue weighted by atomic mass is 9.98. The maximum absolute atomic E-state index is 13.4. The number of likely N-dealkylation sites (tertiary alicyclic amines) is 1. The average Bonchev–Trinajstić information content (AvgIpc) is 3.27. The van der Waals surface area contributed by atoms with Crippen molar-refractivity contribution in [3.8, 4) is 0 Å². The van der Waals surface area contributed by atoms with Gasteiger partial charge in [-0.3, -0.25) is 9.69 Å². The number of halogens is 1. The summed E-state index contributed by atoms with van der Waals surface area (Å²) in [5.41, 5.74) is 4.43. The van der Waals surface area contributed by atoms with Crippen LogP contribution in [0.5, 0.6) is 0 Å². The number of H-pyrrole nitrogens is 1. The number of pyridine rings is 1. The molecular formula is C25H27FN6O. The van der Waals surface area contributed by atoms with Crippen LogP contribution in [0.2, 0.25) is 0 Å². The van der Waals surface area contributed by atoms with E-state index in [0.717, 1.165) is 53.5 Å². The normalized spacial score (nSPS) is 15.7. The molecule has 1 saturated heterocycles. The highest BCUT2D eigenvalue weighted by molar-refractivity contribution is 5.85. The standard InChI is InChI=1S/C25H27FN6O/c1-16-6-7-17(2)22-20(16)14-21(25(33)27-22)23(31-12-4-3-5-13-31)24-28-29-30-32(24)15-18-8-10-19(26)11-9-18/h6-11,14,23H,3-5,12-13,15H2,1-2H3,(H,27,33)/t23-/m0/s1. The molecule has 5 rings (SSSR count). The highest BCUT2D eigenvalue weighted by atomic mass is 19.1. The van der Waals surface area contributed by atoms with E-state index in [4.69, 9.17) is 0 Å². The van der Waals surface area contributed by atoms with E-state index in [1.165, 1.54) is 18.6 Å². The molecule has 1 atom stereocenters. The zero-order valence-electron chi connectivity index (χ0n) is 18.9. The van der Waals surface area contributed by atoms with Crippen LogP contribution in [0.1, 0.15) is 53.4 Å². The highest BCUT2D eigenvalue weighted by Gasteiger charge is 2.31. The van der Waals surface area contributed by atoms with E-state index in [1.54, 1.807) is 16.8 Å². The van der Waals surface area contributed by atoms with Crippen molar-refractivity contribution < 1.29 is 4.39 Å². The fourth-order valence-corrected chi connectivity index (χ4v) is 4.75. The average molecular weight is 447 g/mol. The molecule has 2 aromatic heterocycles. The van der Waals surface area contributed by atoms with Gasteiger partial charge < -0.3 is 4.98 Å². The lowest BCUT2D eigenvalue weighted by molar-refractivity contribution is 0.177. The van der Waals surface area contributed by atoms with E-state index in [2.05, 4.69) is 38.4 Å². The number of piperidine rings is 1. The number of aromatic nitrogens is 5. The van der Waals surface area contributed by atoms with Gasteiger partial charge in [-0.25, -0.2) is 9.07 Å². The Morgan fingerprint density at radius 3 is 2.52 bits per heavy atom. The fraction of sp³-hybridized carbons (Fsp3) is 0.360. The Morgan fingerprint density at radius 1 is 1.03 bits per heavy atom. The number of nitrogens with zero attached hydrogens (tertiary/aromatic N) is 5. The van der Waals surface area contributed by atoms with Gasteiger partial charge in [0.05, 0.1) is 12.1 Å². The fourth-order valence-electron chi connectivity index (χ4n) is 4.75. The third-order valence-electron chi connectivity index (χ3n) is 6.57. The summed E-state index contributed by atoms with van der Waals surface area (Å²) in [7, 11) is 0. The number of aromatic amines is 1. The Morgan fingerprint density at radius 2 is 1.76 bits per heavy atom. The minimum atomic E-state index is -0.367. The molecule has 8 heteroatoms. The largest absolute Gasteiger partial charge is 0.321 e. The third kappa shape index (κ3) is 4.18. The lowest BCUT2D eigenvalue weighted by Gasteiger charge is -2.33. The van der Waals surface area contributed by atoms with Crippen LogP contribution in [0, 0.1) is 19.7 Å². The van der Waals surface area contributed by atoms with Gasteiger partial charge in [0.1, 0.15) is 11.9 Å². The van der Waals surface area contributed by atoms with Crippen molar-refractivity contribution >= 4 is 10.9 Å². The summed E-state index contributed by atoms with van der Waals surface area (Å²) in [5, 5.41) is 13.6. The van der Waals surface area contributed by atoms with Gasteiger partial charge >= 0.3 is 0 Å². The second kappa shape index (κ2) is 8.86. The first-order chi connectivity index (χ1) is 16.0. The third-order valence-corrected chi connectivity index (χ3v) is 6.57. The number of rotatable bonds is 5. The molecule has 3 heterocycles. The van der Waals surface area contributed by atoms with Gasteiger partial charge in [-0.1, -0.05) is 30.7 Å². The zero-order chi connectivity index (χ0) is 22.9. The molecule has 0 saturated carbocycles. The van der Waals surface area contributed by atoms with Gasteiger partial charge in [0.2, 0.25) is 0 Å². The van der Waals surface area contributed by atoms with Crippen LogP contribution in [-0.2, 0) is 6.54 Å². The zero-order valence-corrected chi connectivity index (χ0v) is 18.9. The van der Waals surface area contributed by atoms with E-state index in [-0.39, 0.29) is 17.4 Å². The molecule has 1 aliphatic rings. The Bertz CT molecular complexity index is 1340. The molecule has 1 fully saturated rings. The Kier molecular flexibility index (Phi) is 5.76. The van der Waals surface area contributed by atoms with Crippen molar-refractivity contribution in [2.45, 2.75) is 45.7 Å². The summed E-state index contributed by atoms with van der Waals surface area (Å²) in [6.45, 7) is 6.20. The van der Waals surface area contributed by atoms with Gasteiger partial charge in [-0.15, -0.1) is 5.10 Å². The first-order valence-corrected chi connectivity index (χ1v) is 11.4. The Balaban J connectivity index is 1.64. The summed E-state index contributed by atoms with van der Waals surface area (Å²) >= 11 is 0. The van der Waals surface area contributed by atoms with Crippen LogP contribution in [0.15, 0.2) is 47.3 Å². The van der Waals surface area contributed by atoms with Crippen molar-refractivity contribution in [1.29, 1.82) is 0 Å². The molecule has 2 aromatic carbocycles. The summed E-state index contributed by atoms with van der Waals surface area (Å²) in [5.74, 6) is 0.339. The predicted octanol–water partition coefficient (Wildman–Crippen LogP) is 3.89. The topological polar surface area (TPSA) is 79.7 Å². The van der Waals surface area contributed by atoms with Crippen LogP contribution in [0.25, 0.3) is 10.9 Å². The first-order valence-electron chi connectivity index (χ1n) is 11.4. The van der Waals surface area contributed by atoms with Gasteiger partial charge in [-0.05, 0) is 85.1 Å². The van der Waals surface area contributed by atoms with E-state index in [1.807, 2.05) is 19.1 Å². The number of nitrogens with one attached hydrogen (secondary N) is 1. The Labute approximate surface area is 191 Å². The van der Waals surface area contributed by atoms with Crippen LogP contribution >= 0.6 is 0 Å². The van der Waals surface area contributed by atoms with Crippen LogP contribution < -0.4 is 5.56 Å². The second-order valence-corrected chi connectivity index (χ2v) is 8.86. The van der Waals surface area contributed by atoms with Crippen molar-refractivity contribution in [1.82, 2.24) is 30.1 Å². The Hall–Kier alpha value is -3.39. The van der Waals surface area contributed by atoms with E-state index < -0.39 is 0 Å². The first kappa shape index (κ1) is 21.5. The number of benzene rings is 2. The molecule has 7 nitrogen and oxygen atoms in total. The maximum atomic E-state index is 13.4. The van der Waals surface area contributed by atoms with Crippen molar-refractivity contribution in [3.63, 3.8) is 0 Å². The molecule has 4 aromatic rings.